The second-order valence-corrected chi connectivity index (χ2v) is 10.5. The van der Waals surface area contributed by atoms with Gasteiger partial charge in [0.05, 0.1) is 17.7 Å². The van der Waals surface area contributed by atoms with E-state index in [0.717, 1.165) is 16.2 Å². The van der Waals surface area contributed by atoms with Gasteiger partial charge in [0.15, 0.2) is 4.96 Å². The van der Waals surface area contributed by atoms with E-state index in [0.29, 0.717) is 30.8 Å². The molecule has 0 radical (unpaired) electrons. The van der Waals surface area contributed by atoms with Gasteiger partial charge in [0, 0.05) is 35.6 Å². The van der Waals surface area contributed by atoms with E-state index < -0.39 is 16.1 Å². The van der Waals surface area contributed by atoms with E-state index in [-0.39, 0.29) is 10.8 Å². The molecule has 3 heterocycles. The molecule has 10 heteroatoms. The minimum Gasteiger partial charge on any atom is -0.497 e. The number of anilines is 1. The summed E-state index contributed by atoms with van der Waals surface area (Å²) in [5, 5.41) is 4.85. The Morgan fingerprint density at radius 3 is 2.61 bits per heavy atom. The third-order valence-corrected chi connectivity index (χ3v) is 8.41. The van der Waals surface area contributed by atoms with E-state index in [4.69, 9.17) is 4.74 Å². The van der Waals surface area contributed by atoms with Crippen LogP contribution in [0.3, 0.4) is 0 Å². The average molecular weight is 483 g/mol. The van der Waals surface area contributed by atoms with Gasteiger partial charge in [-0.25, -0.2) is 13.4 Å². The lowest BCUT2D eigenvalue weighted by molar-refractivity contribution is -0.119. The molecule has 33 heavy (non-hydrogen) atoms. The number of carbonyl (C=O) groups excluding carboxylic acids is 1. The average Bonchev–Trinajstić information content (AvgIpc) is 3.56. The molecule has 170 valence electrons. The van der Waals surface area contributed by atoms with Crippen LogP contribution in [0.25, 0.3) is 16.2 Å². The fourth-order valence-electron chi connectivity index (χ4n) is 3.99. The highest BCUT2D eigenvalue weighted by Crippen LogP contribution is 2.29. The number of hydrogen-bond donors (Lipinski definition) is 1. The van der Waals surface area contributed by atoms with Crippen LogP contribution >= 0.6 is 11.3 Å². The minimum atomic E-state index is -3.79. The number of ether oxygens (including phenoxy) is 1. The molecule has 2 aromatic heterocycles. The molecule has 5 rings (SSSR count). The van der Waals surface area contributed by atoms with Crippen molar-refractivity contribution in [2.24, 2.45) is 0 Å². The summed E-state index contributed by atoms with van der Waals surface area (Å²) in [6, 6.07) is 12.8. The van der Waals surface area contributed by atoms with E-state index in [1.54, 1.807) is 35.6 Å². The van der Waals surface area contributed by atoms with Gasteiger partial charge in [0.25, 0.3) is 0 Å². The summed E-state index contributed by atoms with van der Waals surface area (Å²) >= 11 is 1.57. The van der Waals surface area contributed by atoms with Crippen LogP contribution in [-0.2, 0) is 14.8 Å². The predicted molar refractivity (Wildman–Crippen MR) is 127 cm³/mol. The number of nitrogens with zero attached hydrogens (tertiary/aromatic N) is 3. The highest BCUT2D eigenvalue weighted by atomic mass is 32.2. The molecule has 4 aromatic rings. The smallest absolute Gasteiger partial charge is 0.243 e. The summed E-state index contributed by atoms with van der Waals surface area (Å²) in [5.74, 6) is 0.239. The van der Waals surface area contributed by atoms with Gasteiger partial charge in [-0.05, 0) is 49.2 Å². The number of thiazole rings is 1. The summed E-state index contributed by atoms with van der Waals surface area (Å²) in [7, 11) is -2.27. The fraction of sp³-hybridized carbons (Fsp3) is 0.217. The molecule has 1 aliphatic rings. The predicted octanol–water partition coefficient (Wildman–Crippen LogP) is 3.86. The standard InChI is InChI=1S/C23H22N4O4S2/c1-31-18-8-10-19(11-9-18)33(29,30)27-12-2-3-21(27)22(28)24-17-6-4-16(5-7-17)20-15-26-13-14-32-23(26)25-20/h4-11,13-15,21H,2-3,12H2,1H3,(H,24,28)/t21-/m1/s1. The minimum absolute atomic E-state index is 0.146. The first kappa shape index (κ1) is 21.6. The van der Waals surface area contributed by atoms with Crippen molar-refractivity contribution in [1.82, 2.24) is 13.7 Å². The molecule has 1 atom stereocenters. The first-order valence-electron chi connectivity index (χ1n) is 10.4. The maximum absolute atomic E-state index is 13.2. The molecule has 1 fully saturated rings. The summed E-state index contributed by atoms with van der Waals surface area (Å²) in [4.78, 5) is 18.6. The normalized spacial score (nSPS) is 16.8. The van der Waals surface area contributed by atoms with Crippen LogP contribution in [0, 0.1) is 0 Å². The van der Waals surface area contributed by atoms with Gasteiger partial charge in [-0.15, -0.1) is 11.3 Å². The lowest BCUT2D eigenvalue weighted by Gasteiger charge is -2.23. The number of sulfonamides is 1. The molecule has 2 aromatic carbocycles. The van der Waals surface area contributed by atoms with Crippen LogP contribution in [0.4, 0.5) is 5.69 Å². The van der Waals surface area contributed by atoms with Gasteiger partial charge in [-0.2, -0.15) is 4.31 Å². The quantitative estimate of drug-likeness (QED) is 0.450. The summed E-state index contributed by atoms with van der Waals surface area (Å²) in [5.41, 5.74) is 2.40. The second kappa shape index (κ2) is 8.62. The van der Waals surface area contributed by atoms with Crippen LogP contribution in [-0.4, -0.2) is 47.7 Å². The second-order valence-electron chi connectivity index (χ2n) is 7.73. The zero-order valence-corrected chi connectivity index (χ0v) is 19.5. The first-order chi connectivity index (χ1) is 16.0. The Kier molecular flexibility index (Phi) is 5.65. The third-order valence-electron chi connectivity index (χ3n) is 5.71. The van der Waals surface area contributed by atoms with Crippen LogP contribution in [0.15, 0.2) is 71.2 Å². The molecule has 1 saturated heterocycles. The van der Waals surface area contributed by atoms with Crippen molar-refractivity contribution in [2.45, 2.75) is 23.8 Å². The van der Waals surface area contributed by atoms with Crippen molar-refractivity contribution in [3.8, 4) is 17.0 Å². The highest BCUT2D eigenvalue weighted by Gasteiger charge is 2.39. The number of carbonyl (C=O) groups is 1. The highest BCUT2D eigenvalue weighted by molar-refractivity contribution is 7.89. The van der Waals surface area contributed by atoms with Crippen molar-refractivity contribution in [3.05, 3.63) is 66.3 Å². The zero-order valence-electron chi connectivity index (χ0n) is 17.8. The summed E-state index contributed by atoms with van der Waals surface area (Å²) in [6.07, 6.45) is 5.02. The zero-order chi connectivity index (χ0) is 23.0. The lowest BCUT2D eigenvalue weighted by Crippen LogP contribution is -2.43. The van der Waals surface area contributed by atoms with E-state index in [9.17, 15) is 13.2 Å². The molecule has 0 aliphatic carbocycles. The number of fused-ring (bicyclic) bond motifs is 1. The number of aromatic nitrogens is 2. The van der Waals surface area contributed by atoms with E-state index in [1.807, 2.05) is 34.3 Å². The van der Waals surface area contributed by atoms with Gasteiger partial charge < -0.3 is 10.1 Å². The fourth-order valence-corrected chi connectivity index (χ4v) is 6.35. The molecule has 0 saturated carbocycles. The molecule has 1 amide bonds. The van der Waals surface area contributed by atoms with Gasteiger partial charge >= 0.3 is 0 Å². The van der Waals surface area contributed by atoms with Crippen LogP contribution in [0.5, 0.6) is 5.75 Å². The first-order valence-corrected chi connectivity index (χ1v) is 12.8. The van der Waals surface area contributed by atoms with Gasteiger partial charge in [-0.3, -0.25) is 9.20 Å². The van der Waals surface area contributed by atoms with Gasteiger partial charge in [0.2, 0.25) is 15.9 Å². The number of imidazole rings is 1. The van der Waals surface area contributed by atoms with Crippen molar-refractivity contribution >= 4 is 37.9 Å². The van der Waals surface area contributed by atoms with E-state index >= 15 is 0 Å². The maximum atomic E-state index is 13.2. The molecule has 1 N–H and O–H groups in total. The lowest BCUT2D eigenvalue weighted by atomic mass is 10.1. The van der Waals surface area contributed by atoms with Gasteiger partial charge in [0.1, 0.15) is 11.8 Å². The van der Waals surface area contributed by atoms with Crippen molar-refractivity contribution in [2.75, 3.05) is 19.0 Å². The number of nitrogens with one attached hydrogen (secondary N) is 1. The molecule has 0 bridgehead atoms. The Hall–Kier alpha value is -3.21. The number of methoxy groups -OCH3 is 1. The van der Waals surface area contributed by atoms with Gasteiger partial charge in [-0.1, -0.05) is 12.1 Å². The molecule has 0 unspecified atom stereocenters. The molecular weight excluding hydrogens is 460 g/mol. The van der Waals surface area contributed by atoms with Crippen LogP contribution in [0.1, 0.15) is 12.8 Å². The summed E-state index contributed by atoms with van der Waals surface area (Å²) < 4.78 is 34.7. The Balaban J connectivity index is 1.30. The number of rotatable bonds is 6. The Morgan fingerprint density at radius 1 is 1.15 bits per heavy atom. The number of hydrogen-bond acceptors (Lipinski definition) is 6. The molecular formula is C23H22N4O4S2. The SMILES string of the molecule is COc1ccc(S(=O)(=O)N2CCC[C@@H]2C(=O)Nc2ccc(-c3cn4ccsc4n3)cc2)cc1. The Labute approximate surface area is 195 Å². The third kappa shape index (κ3) is 4.12. The number of amides is 1. The Bertz CT molecular complexity index is 1360. The van der Waals surface area contributed by atoms with Crippen molar-refractivity contribution in [1.29, 1.82) is 0 Å². The maximum Gasteiger partial charge on any atom is 0.243 e. The molecule has 8 nitrogen and oxygen atoms in total. The Morgan fingerprint density at radius 2 is 1.91 bits per heavy atom. The van der Waals surface area contributed by atoms with E-state index in [2.05, 4.69) is 10.3 Å². The van der Waals surface area contributed by atoms with E-state index in [1.165, 1.54) is 23.5 Å². The molecule has 1 aliphatic heterocycles. The van der Waals surface area contributed by atoms with Crippen molar-refractivity contribution in [3.63, 3.8) is 0 Å². The van der Waals surface area contributed by atoms with Crippen LogP contribution < -0.4 is 10.1 Å². The monoisotopic (exact) mass is 482 g/mol. The van der Waals surface area contributed by atoms with Crippen LogP contribution in [0.2, 0.25) is 0 Å². The largest absolute Gasteiger partial charge is 0.497 e. The molecule has 0 spiro atoms. The number of benzene rings is 2. The van der Waals surface area contributed by atoms with Crippen molar-refractivity contribution < 1.29 is 17.9 Å². The summed E-state index contributed by atoms with van der Waals surface area (Å²) in [6.45, 7) is 0.308. The topological polar surface area (TPSA) is 93.0 Å².